The van der Waals surface area contributed by atoms with Gasteiger partial charge < -0.3 is 27.1 Å². The van der Waals surface area contributed by atoms with Gasteiger partial charge in [0.1, 0.15) is 5.82 Å². The maximum absolute atomic E-state index is 12.6. The molecule has 2 heterocycles. The lowest BCUT2D eigenvalue weighted by Gasteiger charge is -2.38. The highest BCUT2D eigenvalue weighted by Gasteiger charge is 2.34. The second-order valence-electron chi connectivity index (χ2n) is 6.37. The fourth-order valence-electron chi connectivity index (χ4n) is 2.90. The third kappa shape index (κ3) is 4.34. The van der Waals surface area contributed by atoms with Crippen LogP contribution in [0.3, 0.4) is 0 Å². The Labute approximate surface area is 146 Å². The number of pyridine rings is 1. The van der Waals surface area contributed by atoms with E-state index in [9.17, 15) is 9.59 Å². The van der Waals surface area contributed by atoms with Crippen LogP contribution in [0.1, 0.15) is 25.3 Å². The van der Waals surface area contributed by atoms with Crippen molar-refractivity contribution < 1.29 is 9.59 Å². The Bertz CT molecular complexity index is 715. The Balaban J connectivity index is 2.16. The predicted octanol–water partition coefficient (Wildman–Crippen LogP) is 1.03. The van der Waals surface area contributed by atoms with Gasteiger partial charge in [-0.3, -0.25) is 9.59 Å². The molecule has 0 aromatic carbocycles. The zero-order valence-electron chi connectivity index (χ0n) is 14.5. The van der Waals surface area contributed by atoms with E-state index in [-0.39, 0.29) is 12.0 Å². The molecule has 1 aliphatic heterocycles. The van der Waals surface area contributed by atoms with Crippen molar-refractivity contribution in [3.63, 3.8) is 0 Å². The molecule has 1 unspecified atom stereocenters. The number of amides is 2. The normalized spacial score (nSPS) is 20.9. The molecule has 0 bridgehead atoms. The van der Waals surface area contributed by atoms with Gasteiger partial charge in [0.25, 0.3) is 0 Å². The number of allylic oxidation sites excluding steroid dienone is 1. The van der Waals surface area contributed by atoms with Crippen LogP contribution >= 0.6 is 0 Å². The highest BCUT2D eigenvalue weighted by Crippen LogP contribution is 2.25. The first-order valence-corrected chi connectivity index (χ1v) is 8.13. The van der Waals surface area contributed by atoms with Gasteiger partial charge in [-0.15, -0.1) is 0 Å². The van der Waals surface area contributed by atoms with Crippen molar-refractivity contribution >= 4 is 29.5 Å². The van der Waals surface area contributed by atoms with Gasteiger partial charge in [-0.05, 0) is 43.4 Å². The summed E-state index contributed by atoms with van der Waals surface area (Å²) in [6, 6.07) is 1.29. The molecule has 0 spiro atoms. The number of hydrogen-bond donors (Lipinski definition) is 4. The number of aromatic nitrogens is 1. The molecule has 1 aliphatic rings. The van der Waals surface area contributed by atoms with Crippen LogP contribution in [-0.2, 0) is 9.59 Å². The molecular weight excluding hydrogens is 320 g/mol. The minimum atomic E-state index is -0.743. The van der Waals surface area contributed by atoms with Crippen molar-refractivity contribution in [3.05, 3.63) is 29.6 Å². The van der Waals surface area contributed by atoms with E-state index in [1.165, 1.54) is 17.2 Å². The minimum absolute atomic E-state index is 0.279. The number of nitrogen functional groups attached to an aromatic ring is 1. The van der Waals surface area contributed by atoms with Crippen molar-refractivity contribution in [1.29, 1.82) is 5.41 Å². The Morgan fingerprint density at radius 3 is 2.80 bits per heavy atom. The van der Waals surface area contributed by atoms with Crippen molar-refractivity contribution in [2.24, 2.45) is 11.7 Å². The van der Waals surface area contributed by atoms with Crippen LogP contribution in [0, 0.1) is 18.3 Å². The number of nitrogens with one attached hydrogen (secondary N) is 2. The first kappa shape index (κ1) is 18.4. The molecule has 6 N–H and O–H groups in total. The largest absolute Gasteiger partial charge is 0.400 e. The van der Waals surface area contributed by atoms with Crippen molar-refractivity contribution in [2.75, 3.05) is 17.6 Å². The van der Waals surface area contributed by atoms with Gasteiger partial charge in [-0.2, -0.15) is 0 Å². The van der Waals surface area contributed by atoms with Crippen LogP contribution in [0.4, 0.5) is 11.5 Å². The summed E-state index contributed by atoms with van der Waals surface area (Å²) in [4.78, 5) is 30.5. The summed E-state index contributed by atoms with van der Waals surface area (Å²) in [5.41, 5.74) is 13.2. The number of likely N-dealkylation sites (tertiary alicyclic amines) is 1. The molecule has 8 nitrogen and oxygen atoms in total. The van der Waals surface area contributed by atoms with E-state index in [0.29, 0.717) is 35.7 Å². The number of hydrogen-bond acceptors (Lipinski definition) is 6. The van der Waals surface area contributed by atoms with Crippen molar-refractivity contribution in [3.8, 4) is 0 Å². The fraction of sp³-hybridized carbons (Fsp3) is 0.412. The quantitative estimate of drug-likeness (QED) is 0.479. The summed E-state index contributed by atoms with van der Waals surface area (Å²) in [7, 11) is 0. The molecule has 2 atom stereocenters. The first-order chi connectivity index (χ1) is 11.8. The maximum Gasteiger partial charge on any atom is 0.313 e. The van der Waals surface area contributed by atoms with E-state index >= 15 is 0 Å². The average Bonchev–Trinajstić information content (AvgIpc) is 2.57. The zero-order valence-corrected chi connectivity index (χ0v) is 14.5. The van der Waals surface area contributed by atoms with Gasteiger partial charge in [0.15, 0.2) is 0 Å². The minimum Gasteiger partial charge on any atom is -0.400 e. The number of nitrogens with two attached hydrogens (primary N) is 2. The molecule has 25 heavy (non-hydrogen) atoms. The number of carbonyl (C=O) groups is 2. The lowest BCUT2D eigenvalue weighted by molar-refractivity contribution is -0.145. The number of piperidine rings is 1. The number of aryl methyl sites for hydroxylation is 1. The molecule has 0 saturated carbocycles. The number of carbonyl (C=O) groups excluding carboxylic acids is 2. The van der Waals surface area contributed by atoms with E-state index in [2.05, 4.69) is 10.3 Å². The monoisotopic (exact) mass is 344 g/mol. The van der Waals surface area contributed by atoms with Crippen molar-refractivity contribution in [1.82, 2.24) is 9.88 Å². The average molecular weight is 344 g/mol. The Kier molecular flexibility index (Phi) is 5.74. The summed E-state index contributed by atoms with van der Waals surface area (Å²) in [6.07, 6.45) is 5.51. The van der Waals surface area contributed by atoms with Gasteiger partial charge in [-0.25, -0.2) is 4.98 Å². The third-order valence-corrected chi connectivity index (χ3v) is 4.31. The van der Waals surface area contributed by atoms with E-state index < -0.39 is 11.8 Å². The van der Waals surface area contributed by atoms with Gasteiger partial charge >= 0.3 is 11.8 Å². The summed E-state index contributed by atoms with van der Waals surface area (Å²) < 4.78 is 0. The highest BCUT2D eigenvalue weighted by atomic mass is 16.2. The Morgan fingerprint density at radius 2 is 2.16 bits per heavy atom. The molecule has 134 valence electrons. The summed E-state index contributed by atoms with van der Waals surface area (Å²) in [6.45, 7) is 4.24. The standard InChI is InChI=1S/C17H24N6O2/c1-10-3-4-14(13(19)5-6-18)23(9-10)17(25)16(24)22-12-7-11(2)15(20)21-8-12/h5-8,10,14,18H,3-4,9,19H2,1-2H3,(H2,20,21)(H,22,24)/t10-,14?/m0/s1. The van der Waals surface area contributed by atoms with Crippen LogP contribution in [0.25, 0.3) is 0 Å². The summed E-state index contributed by atoms with van der Waals surface area (Å²) in [5, 5.41) is 9.71. The molecular formula is C17H24N6O2. The maximum atomic E-state index is 12.6. The van der Waals surface area contributed by atoms with E-state index in [0.717, 1.165) is 12.6 Å². The zero-order chi connectivity index (χ0) is 18.6. The molecule has 2 rings (SSSR count). The third-order valence-electron chi connectivity index (χ3n) is 4.31. The van der Waals surface area contributed by atoms with Gasteiger partial charge in [0.05, 0.1) is 17.9 Å². The van der Waals surface area contributed by atoms with Gasteiger partial charge in [0, 0.05) is 18.5 Å². The van der Waals surface area contributed by atoms with E-state index in [4.69, 9.17) is 16.9 Å². The van der Waals surface area contributed by atoms with Crippen LogP contribution in [0.5, 0.6) is 0 Å². The van der Waals surface area contributed by atoms with Crippen LogP contribution in [0.15, 0.2) is 24.0 Å². The second kappa shape index (κ2) is 7.78. The molecule has 1 fully saturated rings. The van der Waals surface area contributed by atoms with Crippen LogP contribution in [0.2, 0.25) is 0 Å². The van der Waals surface area contributed by atoms with Crippen molar-refractivity contribution in [2.45, 2.75) is 32.7 Å². The lowest BCUT2D eigenvalue weighted by atomic mass is 9.92. The molecule has 8 heteroatoms. The van der Waals surface area contributed by atoms with E-state index in [1.54, 1.807) is 13.0 Å². The number of nitrogens with zero attached hydrogens (tertiary/aromatic N) is 2. The molecule has 2 amide bonds. The van der Waals surface area contributed by atoms with Crippen LogP contribution in [-0.4, -0.2) is 40.5 Å². The fourth-order valence-corrected chi connectivity index (χ4v) is 2.90. The summed E-state index contributed by atoms with van der Waals surface area (Å²) in [5.74, 6) is -0.736. The van der Waals surface area contributed by atoms with E-state index in [1.807, 2.05) is 6.92 Å². The molecule has 1 aromatic heterocycles. The Morgan fingerprint density at radius 1 is 1.44 bits per heavy atom. The van der Waals surface area contributed by atoms with Gasteiger partial charge in [0.2, 0.25) is 0 Å². The predicted molar refractivity (Wildman–Crippen MR) is 97.0 cm³/mol. The first-order valence-electron chi connectivity index (χ1n) is 8.13. The second-order valence-corrected chi connectivity index (χ2v) is 6.37. The number of rotatable bonds is 3. The lowest BCUT2D eigenvalue weighted by Crippen LogP contribution is -2.52. The molecule has 1 saturated heterocycles. The smallest absolute Gasteiger partial charge is 0.313 e. The SMILES string of the molecule is Cc1cc(NC(=O)C(=O)N2C[C@@H](C)CCC2C(N)=CC=N)cnc1N. The topological polar surface area (TPSA) is 138 Å². The Hall–Kier alpha value is -2.90. The molecule has 0 aliphatic carbocycles. The molecule has 0 radical (unpaired) electrons. The van der Waals surface area contributed by atoms with Crippen LogP contribution < -0.4 is 16.8 Å². The molecule has 1 aromatic rings. The van der Waals surface area contributed by atoms with Gasteiger partial charge in [-0.1, -0.05) is 6.92 Å². The number of anilines is 2. The summed E-state index contributed by atoms with van der Waals surface area (Å²) >= 11 is 0. The highest BCUT2D eigenvalue weighted by molar-refractivity contribution is 6.39.